The molecule has 2 N–H and O–H groups in total. The van der Waals surface area contributed by atoms with Crippen LogP contribution in [-0.2, 0) is 16.0 Å². The van der Waals surface area contributed by atoms with Gasteiger partial charge in [0.25, 0.3) is 0 Å². The predicted octanol–water partition coefficient (Wildman–Crippen LogP) is 2.48. The molecule has 0 aliphatic carbocycles. The highest BCUT2D eigenvalue weighted by Gasteiger charge is 2.31. The van der Waals surface area contributed by atoms with Crippen LogP contribution in [0.5, 0.6) is 5.75 Å². The number of ether oxygens (including phenoxy) is 1. The van der Waals surface area contributed by atoms with Crippen molar-refractivity contribution in [2.75, 3.05) is 19.0 Å². The van der Waals surface area contributed by atoms with Crippen LogP contribution >= 0.6 is 0 Å². The van der Waals surface area contributed by atoms with E-state index in [-0.39, 0.29) is 18.2 Å². The molecule has 0 saturated carbocycles. The van der Waals surface area contributed by atoms with Crippen molar-refractivity contribution in [1.29, 1.82) is 0 Å². The Morgan fingerprint density at radius 3 is 2.88 bits per heavy atom. The number of benzene rings is 2. The van der Waals surface area contributed by atoms with Gasteiger partial charge in [0, 0.05) is 18.7 Å². The minimum Gasteiger partial charge on any atom is -0.497 e. The minimum absolute atomic E-state index is 0.112. The molecular weight excluding hydrogens is 304 g/mol. The molecule has 2 aromatic carbocycles. The zero-order valence-electron chi connectivity index (χ0n) is 13.5. The first-order valence-electron chi connectivity index (χ1n) is 7.97. The molecule has 5 nitrogen and oxygen atoms in total. The first-order chi connectivity index (χ1) is 11.7. The van der Waals surface area contributed by atoms with Crippen LogP contribution < -0.4 is 15.4 Å². The lowest BCUT2D eigenvalue weighted by Crippen LogP contribution is -2.28. The maximum absolute atomic E-state index is 12.2. The van der Waals surface area contributed by atoms with Crippen LogP contribution in [-0.4, -0.2) is 25.5 Å². The molecule has 1 heterocycles. The van der Waals surface area contributed by atoms with Gasteiger partial charge in [-0.3, -0.25) is 9.59 Å². The van der Waals surface area contributed by atoms with Crippen LogP contribution in [0.15, 0.2) is 48.5 Å². The van der Waals surface area contributed by atoms with E-state index in [1.165, 1.54) is 0 Å². The maximum Gasteiger partial charge on any atom is 0.232 e. The van der Waals surface area contributed by atoms with Crippen LogP contribution in [0.4, 0.5) is 5.69 Å². The lowest BCUT2D eigenvalue weighted by Gasteiger charge is -2.10. The van der Waals surface area contributed by atoms with Crippen LogP contribution in [0.3, 0.4) is 0 Å². The summed E-state index contributed by atoms with van der Waals surface area (Å²) in [5.74, 6) is 0.171. The largest absolute Gasteiger partial charge is 0.497 e. The van der Waals surface area contributed by atoms with Gasteiger partial charge in [0.05, 0.1) is 13.0 Å². The summed E-state index contributed by atoms with van der Waals surface area (Å²) in [5, 5.41) is 5.70. The van der Waals surface area contributed by atoms with Crippen LogP contribution in [0.1, 0.15) is 23.5 Å². The van der Waals surface area contributed by atoms with Crippen molar-refractivity contribution in [1.82, 2.24) is 5.32 Å². The smallest absolute Gasteiger partial charge is 0.232 e. The van der Waals surface area contributed by atoms with Gasteiger partial charge in [0.15, 0.2) is 0 Å². The van der Waals surface area contributed by atoms with Crippen molar-refractivity contribution in [3.63, 3.8) is 0 Å². The van der Waals surface area contributed by atoms with Crippen LogP contribution in [0.25, 0.3) is 0 Å². The van der Waals surface area contributed by atoms with Gasteiger partial charge in [-0.2, -0.15) is 0 Å². The van der Waals surface area contributed by atoms with Crippen molar-refractivity contribution >= 4 is 17.5 Å². The molecule has 5 heteroatoms. The Labute approximate surface area is 141 Å². The third-order valence-corrected chi connectivity index (χ3v) is 4.17. The third kappa shape index (κ3) is 3.56. The fraction of sp³-hybridized carbons (Fsp3) is 0.263. The summed E-state index contributed by atoms with van der Waals surface area (Å²) >= 11 is 0. The minimum atomic E-state index is -0.405. The Morgan fingerprint density at radius 1 is 1.21 bits per heavy atom. The van der Waals surface area contributed by atoms with Crippen molar-refractivity contribution in [3.8, 4) is 5.75 Å². The molecule has 24 heavy (non-hydrogen) atoms. The molecule has 0 aromatic heterocycles. The Bertz CT molecular complexity index is 758. The lowest BCUT2D eigenvalue weighted by molar-refractivity contribution is -0.125. The van der Waals surface area contributed by atoms with Crippen molar-refractivity contribution in [3.05, 3.63) is 59.7 Å². The maximum atomic E-state index is 12.2. The van der Waals surface area contributed by atoms with Gasteiger partial charge in [-0.05, 0) is 35.7 Å². The summed E-state index contributed by atoms with van der Waals surface area (Å²) in [5.41, 5.74) is 2.79. The standard InChI is InChI=1S/C19H20N2O3/c1-24-14-6-4-5-13(11-14)9-10-20-18(22)12-16-15-7-2-3-8-17(15)21-19(16)23/h2-8,11,16H,9-10,12H2,1H3,(H,20,22)(H,21,23). The molecule has 1 aliphatic heterocycles. The van der Waals surface area contributed by atoms with E-state index < -0.39 is 5.92 Å². The summed E-state index contributed by atoms with van der Waals surface area (Å²) in [6.45, 7) is 0.530. The highest BCUT2D eigenvalue weighted by atomic mass is 16.5. The highest BCUT2D eigenvalue weighted by Crippen LogP contribution is 2.34. The zero-order valence-corrected chi connectivity index (χ0v) is 13.5. The predicted molar refractivity (Wildman–Crippen MR) is 92.1 cm³/mol. The highest BCUT2D eigenvalue weighted by molar-refractivity contribution is 6.04. The first-order valence-corrected chi connectivity index (χ1v) is 7.97. The van der Waals surface area contributed by atoms with Crippen LogP contribution in [0, 0.1) is 0 Å². The van der Waals surface area contributed by atoms with Crippen molar-refractivity contribution < 1.29 is 14.3 Å². The number of hydrogen-bond donors (Lipinski definition) is 2. The van der Waals surface area contributed by atoms with E-state index in [0.29, 0.717) is 6.54 Å². The Kier molecular flexibility index (Phi) is 4.79. The molecule has 0 saturated heterocycles. The summed E-state index contributed by atoms with van der Waals surface area (Å²) in [6.07, 6.45) is 0.886. The van der Waals surface area contributed by atoms with Crippen LogP contribution in [0.2, 0.25) is 0 Å². The normalized spacial score (nSPS) is 15.5. The number of hydrogen-bond acceptors (Lipinski definition) is 3. The molecule has 124 valence electrons. The van der Waals surface area contributed by atoms with Gasteiger partial charge >= 0.3 is 0 Å². The van der Waals surface area contributed by atoms with E-state index in [1.807, 2.05) is 48.5 Å². The second kappa shape index (κ2) is 7.17. The molecule has 1 unspecified atom stereocenters. The topological polar surface area (TPSA) is 67.4 Å². The van der Waals surface area contributed by atoms with Gasteiger partial charge in [0.2, 0.25) is 11.8 Å². The van der Waals surface area contributed by atoms with Crippen molar-refractivity contribution in [2.45, 2.75) is 18.8 Å². The van der Waals surface area contributed by atoms with Crippen molar-refractivity contribution in [2.24, 2.45) is 0 Å². The molecule has 3 rings (SSSR count). The van der Waals surface area contributed by atoms with E-state index in [0.717, 1.165) is 29.0 Å². The van der Waals surface area contributed by atoms with Gasteiger partial charge in [-0.15, -0.1) is 0 Å². The monoisotopic (exact) mass is 324 g/mol. The summed E-state index contributed by atoms with van der Waals surface area (Å²) in [6, 6.07) is 15.3. The molecule has 2 aromatic rings. The number of nitrogens with one attached hydrogen (secondary N) is 2. The zero-order chi connectivity index (χ0) is 16.9. The van der Waals surface area contributed by atoms with E-state index in [1.54, 1.807) is 7.11 Å². The van der Waals surface area contributed by atoms with E-state index in [2.05, 4.69) is 10.6 Å². The first kappa shape index (κ1) is 16.1. The average Bonchev–Trinajstić information content (AvgIpc) is 2.91. The molecule has 0 radical (unpaired) electrons. The third-order valence-electron chi connectivity index (χ3n) is 4.17. The van der Waals surface area contributed by atoms with E-state index in [4.69, 9.17) is 4.74 Å². The lowest BCUT2D eigenvalue weighted by atomic mass is 9.97. The summed E-state index contributed by atoms with van der Waals surface area (Å²) in [7, 11) is 1.63. The Morgan fingerprint density at radius 2 is 2.04 bits per heavy atom. The molecular formula is C19H20N2O3. The van der Waals surface area contributed by atoms with E-state index in [9.17, 15) is 9.59 Å². The number of para-hydroxylation sites is 1. The molecule has 0 bridgehead atoms. The number of methoxy groups -OCH3 is 1. The SMILES string of the molecule is COc1cccc(CCNC(=O)CC2C(=O)Nc3ccccc32)c1. The number of anilines is 1. The van der Waals surface area contributed by atoms with Gasteiger partial charge in [-0.25, -0.2) is 0 Å². The quantitative estimate of drug-likeness (QED) is 0.858. The summed E-state index contributed by atoms with van der Waals surface area (Å²) < 4.78 is 5.18. The number of carbonyl (C=O) groups excluding carboxylic acids is 2. The average molecular weight is 324 g/mol. The number of rotatable bonds is 6. The second-order valence-electron chi connectivity index (χ2n) is 5.78. The molecule has 0 fully saturated rings. The second-order valence-corrected chi connectivity index (χ2v) is 5.78. The fourth-order valence-electron chi connectivity index (χ4n) is 2.91. The summed E-state index contributed by atoms with van der Waals surface area (Å²) in [4.78, 5) is 24.2. The van der Waals surface area contributed by atoms with Gasteiger partial charge < -0.3 is 15.4 Å². The van der Waals surface area contributed by atoms with Gasteiger partial charge in [-0.1, -0.05) is 30.3 Å². The molecule has 2 amide bonds. The molecule has 0 spiro atoms. The van der Waals surface area contributed by atoms with Gasteiger partial charge in [0.1, 0.15) is 5.75 Å². The molecule has 1 aliphatic rings. The molecule has 1 atom stereocenters. The Balaban J connectivity index is 1.52. The fourth-order valence-corrected chi connectivity index (χ4v) is 2.91. The Hall–Kier alpha value is -2.82. The van der Waals surface area contributed by atoms with E-state index >= 15 is 0 Å². The number of carbonyl (C=O) groups is 2. The number of fused-ring (bicyclic) bond motifs is 1. The number of amides is 2.